The molecule has 0 unspecified atom stereocenters. The van der Waals surface area contributed by atoms with Crippen LogP contribution in [-0.4, -0.2) is 30.6 Å². The lowest BCUT2D eigenvalue weighted by atomic mass is 10.1. The molecule has 0 aliphatic carbocycles. The van der Waals surface area contributed by atoms with E-state index in [0.717, 1.165) is 34.4 Å². The summed E-state index contributed by atoms with van der Waals surface area (Å²) in [6.07, 6.45) is 4.29. The van der Waals surface area contributed by atoms with Gasteiger partial charge in [-0.25, -0.2) is 4.98 Å². The minimum atomic E-state index is -0.213. The fourth-order valence-corrected chi connectivity index (χ4v) is 3.34. The van der Waals surface area contributed by atoms with Crippen LogP contribution in [0.15, 0.2) is 55.0 Å². The third-order valence-electron chi connectivity index (χ3n) is 4.83. The molecule has 0 fully saturated rings. The first-order chi connectivity index (χ1) is 13.7. The molecule has 3 aromatic heterocycles. The van der Waals surface area contributed by atoms with Gasteiger partial charge in [-0.05, 0) is 43.2 Å². The summed E-state index contributed by atoms with van der Waals surface area (Å²) in [6.45, 7) is 4.59. The van der Waals surface area contributed by atoms with E-state index < -0.39 is 0 Å². The highest BCUT2D eigenvalue weighted by Crippen LogP contribution is 2.19. The van der Waals surface area contributed by atoms with E-state index in [2.05, 4.69) is 25.5 Å². The number of pyridine rings is 1. The lowest BCUT2D eigenvalue weighted by Crippen LogP contribution is -2.29. The predicted molar refractivity (Wildman–Crippen MR) is 107 cm³/mol. The average molecular weight is 374 g/mol. The van der Waals surface area contributed by atoms with E-state index in [4.69, 9.17) is 0 Å². The van der Waals surface area contributed by atoms with Crippen molar-refractivity contribution < 1.29 is 4.79 Å². The van der Waals surface area contributed by atoms with Crippen molar-refractivity contribution in [2.24, 2.45) is 0 Å². The Kier molecular flexibility index (Phi) is 4.89. The van der Waals surface area contributed by atoms with Crippen molar-refractivity contribution in [2.45, 2.75) is 32.9 Å². The van der Waals surface area contributed by atoms with Gasteiger partial charge < -0.3 is 9.88 Å². The molecule has 7 nitrogen and oxygen atoms in total. The van der Waals surface area contributed by atoms with Crippen molar-refractivity contribution in [1.82, 2.24) is 30.0 Å². The van der Waals surface area contributed by atoms with Gasteiger partial charge in [-0.2, -0.15) is 5.10 Å². The van der Waals surface area contributed by atoms with Gasteiger partial charge in [-0.1, -0.05) is 25.1 Å². The van der Waals surface area contributed by atoms with Crippen LogP contribution in [0.4, 0.5) is 0 Å². The quantitative estimate of drug-likeness (QED) is 0.541. The van der Waals surface area contributed by atoms with Gasteiger partial charge in [0.05, 0.1) is 41.3 Å². The maximum atomic E-state index is 12.7. The van der Waals surface area contributed by atoms with Gasteiger partial charge in [0, 0.05) is 6.20 Å². The number of amides is 1. The molecule has 4 rings (SSSR count). The van der Waals surface area contributed by atoms with Crippen LogP contribution < -0.4 is 5.32 Å². The molecule has 0 saturated heterocycles. The Hall–Kier alpha value is -3.48. The zero-order valence-corrected chi connectivity index (χ0v) is 15.9. The van der Waals surface area contributed by atoms with Crippen LogP contribution in [0.5, 0.6) is 0 Å². The van der Waals surface area contributed by atoms with Crippen molar-refractivity contribution in [3.05, 3.63) is 77.6 Å². The summed E-state index contributed by atoms with van der Waals surface area (Å²) in [5, 5.41) is 10.2. The van der Waals surface area contributed by atoms with E-state index >= 15 is 0 Å². The first kappa shape index (κ1) is 17.9. The maximum Gasteiger partial charge on any atom is 0.272 e. The number of carbonyl (C=O) groups excluding carboxylic acids is 1. The van der Waals surface area contributed by atoms with Gasteiger partial charge in [-0.15, -0.1) is 0 Å². The number of nitrogens with zero attached hydrogens (tertiary/aromatic N) is 4. The van der Waals surface area contributed by atoms with Crippen molar-refractivity contribution in [3.63, 3.8) is 0 Å². The fraction of sp³-hybridized carbons (Fsp3) is 0.238. The molecule has 0 spiro atoms. The number of nitrogens with one attached hydrogen (secondary N) is 2. The lowest BCUT2D eigenvalue weighted by Gasteiger charge is -2.17. The van der Waals surface area contributed by atoms with Gasteiger partial charge in [0.25, 0.3) is 5.91 Å². The second kappa shape index (κ2) is 7.64. The van der Waals surface area contributed by atoms with Crippen molar-refractivity contribution in [2.75, 3.05) is 0 Å². The monoisotopic (exact) mass is 374 g/mol. The third kappa shape index (κ3) is 3.51. The standard InChI is InChI=1S/C21H22N6O/c1-3-16(20-14(2)7-6-10-22-20)24-21(28)18-11-15(25-26-18)12-27-13-23-17-8-4-5-9-19(17)27/h4-11,13,16H,3,12H2,1-2H3,(H,24,28)(H,25,26)/t16-/m1/s1. The summed E-state index contributed by atoms with van der Waals surface area (Å²) in [4.78, 5) is 21.5. The highest BCUT2D eigenvalue weighted by atomic mass is 16.2. The molecule has 28 heavy (non-hydrogen) atoms. The highest BCUT2D eigenvalue weighted by molar-refractivity contribution is 5.92. The maximum absolute atomic E-state index is 12.7. The van der Waals surface area contributed by atoms with Crippen molar-refractivity contribution in [1.29, 1.82) is 0 Å². The number of carbonyl (C=O) groups is 1. The molecular weight excluding hydrogens is 352 g/mol. The number of imidazole rings is 1. The Morgan fingerprint density at radius 2 is 2.07 bits per heavy atom. The van der Waals surface area contributed by atoms with E-state index in [9.17, 15) is 4.79 Å². The minimum Gasteiger partial charge on any atom is -0.342 e. The molecule has 1 aromatic carbocycles. The summed E-state index contributed by atoms with van der Waals surface area (Å²) in [7, 11) is 0. The molecule has 0 saturated carbocycles. The molecule has 0 aliphatic heterocycles. The van der Waals surface area contributed by atoms with Crippen molar-refractivity contribution >= 4 is 16.9 Å². The number of aromatic nitrogens is 5. The molecule has 2 N–H and O–H groups in total. The predicted octanol–water partition coefficient (Wildman–Crippen LogP) is 3.39. The topological polar surface area (TPSA) is 88.5 Å². The zero-order chi connectivity index (χ0) is 19.5. The van der Waals surface area contributed by atoms with Crippen LogP contribution in [0, 0.1) is 6.92 Å². The summed E-state index contributed by atoms with van der Waals surface area (Å²) >= 11 is 0. The minimum absolute atomic E-state index is 0.147. The van der Waals surface area contributed by atoms with Crippen LogP contribution in [0.1, 0.15) is 46.8 Å². The van der Waals surface area contributed by atoms with Gasteiger partial charge in [0.1, 0.15) is 5.69 Å². The summed E-state index contributed by atoms with van der Waals surface area (Å²) in [5.74, 6) is -0.213. The van der Waals surface area contributed by atoms with Crippen LogP contribution in [0.2, 0.25) is 0 Å². The fourth-order valence-electron chi connectivity index (χ4n) is 3.34. The first-order valence-electron chi connectivity index (χ1n) is 9.32. The van der Waals surface area contributed by atoms with Crippen LogP contribution in [0.3, 0.4) is 0 Å². The lowest BCUT2D eigenvalue weighted by molar-refractivity contribution is 0.0929. The molecule has 7 heteroatoms. The van der Waals surface area contributed by atoms with Crippen LogP contribution >= 0.6 is 0 Å². The number of para-hydroxylation sites is 2. The summed E-state index contributed by atoms with van der Waals surface area (Å²) in [6, 6.07) is 13.5. The first-order valence-corrected chi connectivity index (χ1v) is 9.32. The Labute approximate surface area is 162 Å². The van der Waals surface area contributed by atoms with Crippen LogP contribution in [-0.2, 0) is 6.54 Å². The molecule has 1 amide bonds. The third-order valence-corrected chi connectivity index (χ3v) is 4.83. The largest absolute Gasteiger partial charge is 0.342 e. The van der Waals surface area contributed by atoms with E-state index in [0.29, 0.717) is 12.2 Å². The molecule has 0 bridgehead atoms. The van der Waals surface area contributed by atoms with Gasteiger partial charge >= 0.3 is 0 Å². The molecule has 0 aliphatic rings. The molecule has 0 radical (unpaired) electrons. The highest BCUT2D eigenvalue weighted by Gasteiger charge is 2.19. The average Bonchev–Trinajstić information content (AvgIpc) is 3.35. The molecule has 142 valence electrons. The van der Waals surface area contributed by atoms with Gasteiger partial charge in [0.15, 0.2) is 0 Å². The SMILES string of the molecule is CC[C@@H](NC(=O)c1cc(Cn2cnc3ccccc32)[nH]n1)c1ncccc1C. The number of fused-ring (bicyclic) bond motifs is 1. The number of aromatic amines is 1. The number of hydrogen-bond donors (Lipinski definition) is 2. The van der Waals surface area contributed by atoms with Gasteiger partial charge in [0.2, 0.25) is 0 Å². The molecule has 1 atom stereocenters. The van der Waals surface area contributed by atoms with Crippen molar-refractivity contribution in [3.8, 4) is 0 Å². The number of hydrogen-bond acceptors (Lipinski definition) is 4. The van der Waals surface area contributed by atoms with E-state index in [1.54, 1.807) is 18.6 Å². The number of aryl methyl sites for hydroxylation is 1. The van der Waals surface area contributed by atoms with E-state index in [-0.39, 0.29) is 11.9 Å². The second-order valence-electron chi connectivity index (χ2n) is 6.78. The molecule has 3 heterocycles. The van der Waals surface area contributed by atoms with Crippen LogP contribution in [0.25, 0.3) is 11.0 Å². The Morgan fingerprint density at radius 3 is 2.89 bits per heavy atom. The summed E-state index contributed by atoms with van der Waals surface area (Å²) < 4.78 is 2.02. The normalized spacial score (nSPS) is 12.2. The van der Waals surface area contributed by atoms with E-state index in [1.165, 1.54) is 0 Å². The number of rotatable bonds is 6. The summed E-state index contributed by atoms with van der Waals surface area (Å²) in [5.41, 5.74) is 5.14. The second-order valence-corrected chi connectivity index (χ2v) is 6.78. The number of H-pyrrole nitrogens is 1. The van der Waals surface area contributed by atoms with E-state index in [1.807, 2.05) is 54.8 Å². The van der Waals surface area contributed by atoms with Gasteiger partial charge in [-0.3, -0.25) is 14.9 Å². The Balaban J connectivity index is 1.49. The molecule has 4 aromatic rings. The smallest absolute Gasteiger partial charge is 0.272 e. The Bertz CT molecular complexity index is 1110. The Morgan fingerprint density at radius 1 is 1.21 bits per heavy atom. The zero-order valence-electron chi connectivity index (χ0n) is 15.9. The molecular formula is C21H22N6O. The number of benzene rings is 1.